The van der Waals surface area contributed by atoms with Crippen LogP contribution in [-0.2, 0) is 6.42 Å². The Morgan fingerprint density at radius 3 is 2.68 bits per heavy atom. The highest BCUT2D eigenvalue weighted by Crippen LogP contribution is 2.08. The number of aliphatic hydroxyl groups excluding tert-OH is 1. The van der Waals surface area contributed by atoms with Crippen molar-refractivity contribution in [3.63, 3.8) is 0 Å². The maximum absolute atomic E-state index is 9.63. The van der Waals surface area contributed by atoms with Crippen LogP contribution >= 0.6 is 0 Å². The number of aryl methyl sites for hydroxylation is 1. The van der Waals surface area contributed by atoms with Crippen LogP contribution in [0.1, 0.15) is 31.7 Å². The van der Waals surface area contributed by atoms with Gasteiger partial charge in [-0.3, -0.25) is 0 Å². The standard InChI is InChI=1S/C18H24O/c1-3-11-18(19)16(2)12-7-4-5-8-13-17-14-9-6-10-15-17/h3,6-7,9-12,14-15,18-19H,2,4-5,8,13H2,1H3/b11-3+,12-7-. The smallest absolute Gasteiger partial charge is 0.0965 e. The van der Waals surface area contributed by atoms with E-state index in [0.29, 0.717) is 0 Å². The molecule has 0 aromatic heterocycles. The van der Waals surface area contributed by atoms with Crippen molar-refractivity contribution in [2.45, 2.75) is 38.7 Å². The van der Waals surface area contributed by atoms with E-state index in [4.69, 9.17) is 0 Å². The van der Waals surface area contributed by atoms with Crippen molar-refractivity contribution in [2.75, 3.05) is 0 Å². The molecule has 1 aromatic rings. The molecule has 0 radical (unpaired) electrons. The van der Waals surface area contributed by atoms with Crippen LogP contribution < -0.4 is 0 Å². The van der Waals surface area contributed by atoms with Crippen LogP contribution in [0.25, 0.3) is 0 Å². The largest absolute Gasteiger partial charge is 0.384 e. The Morgan fingerprint density at radius 1 is 1.26 bits per heavy atom. The minimum Gasteiger partial charge on any atom is -0.384 e. The van der Waals surface area contributed by atoms with E-state index in [1.165, 1.54) is 18.4 Å². The van der Waals surface area contributed by atoms with Crippen molar-refractivity contribution in [1.82, 2.24) is 0 Å². The molecule has 0 heterocycles. The number of hydrogen-bond acceptors (Lipinski definition) is 1. The van der Waals surface area contributed by atoms with Crippen molar-refractivity contribution < 1.29 is 5.11 Å². The molecular formula is C18H24O. The second-order valence-electron chi connectivity index (χ2n) is 4.68. The first-order chi connectivity index (χ1) is 9.24. The molecule has 0 saturated heterocycles. The summed E-state index contributed by atoms with van der Waals surface area (Å²) in [5, 5.41) is 9.63. The van der Waals surface area contributed by atoms with E-state index < -0.39 is 6.10 Å². The van der Waals surface area contributed by atoms with Gasteiger partial charge in [-0.1, -0.05) is 61.2 Å². The monoisotopic (exact) mass is 256 g/mol. The Hall–Kier alpha value is -1.60. The maximum atomic E-state index is 9.63. The molecule has 1 atom stereocenters. The molecule has 0 aliphatic rings. The van der Waals surface area contributed by atoms with E-state index in [1.54, 1.807) is 6.08 Å². The van der Waals surface area contributed by atoms with E-state index >= 15 is 0 Å². The van der Waals surface area contributed by atoms with Gasteiger partial charge in [0, 0.05) is 0 Å². The van der Waals surface area contributed by atoms with Gasteiger partial charge in [0.15, 0.2) is 0 Å². The van der Waals surface area contributed by atoms with Crippen molar-refractivity contribution in [2.24, 2.45) is 0 Å². The number of benzene rings is 1. The lowest BCUT2D eigenvalue weighted by atomic mass is 10.1. The van der Waals surface area contributed by atoms with Crippen molar-refractivity contribution in [3.05, 3.63) is 72.4 Å². The first kappa shape index (κ1) is 15.5. The highest BCUT2D eigenvalue weighted by atomic mass is 16.3. The lowest BCUT2D eigenvalue weighted by Crippen LogP contribution is -2.02. The van der Waals surface area contributed by atoms with E-state index in [0.717, 1.165) is 18.4 Å². The molecule has 19 heavy (non-hydrogen) atoms. The lowest BCUT2D eigenvalue weighted by molar-refractivity contribution is 0.263. The van der Waals surface area contributed by atoms with Crippen molar-refractivity contribution in [1.29, 1.82) is 0 Å². The molecule has 1 nitrogen and oxygen atoms in total. The maximum Gasteiger partial charge on any atom is 0.0965 e. The summed E-state index contributed by atoms with van der Waals surface area (Å²) in [6.45, 7) is 5.74. The zero-order valence-electron chi connectivity index (χ0n) is 11.8. The highest BCUT2D eigenvalue weighted by molar-refractivity contribution is 5.23. The fourth-order valence-electron chi connectivity index (χ4n) is 1.88. The number of hydrogen-bond donors (Lipinski definition) is 1. The molecule has 0 aliphatic heterocycles. The predicted molar refractivity (Wildman–Crippen MR) is 83.1 cm³/mol. The molecule has 1 aromatic carbocycles. The molecule has 1 unspecified atom stereocenters. The van der Waals surface area contributed by atoms with E-state index in [9.17, 15) is 5.11 Å². The predicted octanol–water partition coefficient (Wildman–Crippen LogP) is 4.45. The van der Waals surface area contributed by atoms with Gasteiger partial charge in [-0.15, -0.1) is 0 Å². The summed E-state index contributed by atoms with van der Waals surface area (Å²) in [5.74, 6) is 0. The van der Waals surface area contributed by atoms with Gasteiger partial charge >= 0.3 is 0 Å². The Morgan fingerprint density at radius 2 is 2.00 bits per heavy atom. The number of allylic oxidation sites excluding steroid dienone is 2. The molecule has 1 N–H and O–H groups in total. The molecule has 0 saturated carbocycles. The Balaban J connectivity index is 2.15. The first-order valence-electron chi connectivity index (χ1n) is 6.94. The van der Waals surface area contributed by atoms with Crippen LogP contribution in [0.2, 0.25) is 0 Å². The van der Waals surface area contributed by atoms with Gasteiger partial charge in [-0.2, -0.15) is 0 Å². The number of rotatable bonds is 8. The Kier molecular flexibility index (Phi) is 7.60. The Labute approximate surface area is 117 Å². The van der Waals surface area contributed by atoms with Gasteiger partial charge in [0.2, 0.25) is 0 Å². The molecule has 1 rings (SSSR count). The molecule has 0 spiro atoms. The normalized spacial score (nSPS) is 13.2. The zero-order chi connectivity index (χ0) is 13.9. The lowest BCUT2D eigenvalue weighted by Gasteiger charge is -2.04. The molecule has 102 valence electrons. The average Bonchev–Trinajstić information content (AvgIpc) is 2.43. The van der Waals surface area contributed by atoms with Gasteiger partial charge in [-0.05, 0) is 43.7 Å². The summed E-state index contributed by atoms with van der Waals surface area (Å²) in [4.78, 5) is 0. The quantitative estimate of drug-likeness (QED) is 0.414. The Bertz CT molecular complexity index is 415. The molecule has 0 bridgehead atoms. The van der Waals surface area contributed by atoms with Gasteiger partial charge < -0.3 is 5.11 Å². The topological polar surface area (TPSA) is 20.2 Å². The molecular weight excluding hydrogens is 232 g/mol. The van der Waals surface area contributed by atoms with Gasteiger partial charge in [0.05, 0.1) is 6.10 Å². The summed E-state index contributed by atoms with van der Waals surface area (Å²) >= 11 is 0. The molecule has 1 heteroatoms. The van der Waals surface area contributed by atoms with Crippen molar-refractivity contribution >= 4 is 0 Å². The number of aliphatic hydroxyl groups is 1. The summed E-state index contributed by atoms with van der Waals surface area (Å²) in [6, 6.07) is 10.6. The third kappa shape index (κ3) is 6.78. The summed E-state index contributed by atoms with van der Waals surface area (Å²) in [7, 11) is 0. The molecule has 0 amide bonds. The minimum absolute atomic E-state index is 0.550. The van der Waals surface area contributed by atoms with Gasteiger partial charge in [0.25, 0.3) is 0 Å². The van der Waals surface area contributed by atoms with Gasteiger partial charge in [0.1, 0.15) is 0 Å². The third-order valence-electron chi connectivity index (χ3n) is 3.02. The van der Waals surface area contributed by atoms with E-state index in [2.05, 4.69) is 36.9 Å². The zero-order valence-corrected chi connectivity index (χ0v) is 11.8. The fraction of sp³-hybridized carbons (Fsp3) is 0.333. The van der Waals surface area contributed by atoms with Gasteiger partial charge in [-0.25, -0.2) is 0 Å². The van der Waals surface area contributed by atoms with E-state index in [-0.39, 0.29) is 0 Å². The fourth-order valence-corrected chi connectivity index (χ4v) is 1.88. The second-order valence-corrected chi connectivity index (χ2v) is 4.68. The number of unbranched alkanes of at least 4 members (excludes halogenated alkanes) is 2. The van der Waals surface area contributed by atoms with Crippen molar-refractivity contribution in [3.8, 4) is 0 Å². The molecule has 0 aliphatic carbocycles. The summed E-state index contributed by atoms with van der Waals surface area (Å²) < 4.78 is 0. The summed E-state index contributed by atoms with van der Waals surface area (Å²) in [5.41, 5.74) is 2.15. The third-order valence-corrected chi connectivity index (χ3v) is 3.02. The summed E-state index contributed by atoms with van der Waals surface area (Å²) in [6.07, 6.45) is 11.6. The molecule has 0 fully saturated rings. The van der Waals surface area contributed by atoms with Crippen LogP contribution in [-0.4, -0.2) is 11.2 Å². The van der Waals surface area contributed by atoms with Crippen LogP contribution in [0.4, 0.5) is 0 Å². The highest BCUT2D eigenvalue weighted by Gasteiger charge is 1.99. The van der Waals surface area contributed by atoms with Crippen LogP contribution in [0, 0.1) is 0 Å². The SMILES string of the molecule is C=C(/C=C\CCCCc1ccccc1)C(O)/C=C/C. The minimum atomic E-state index is -0.550. The second kappa shape index (κ2) is 9.35. The first-order valence-corrected chi connectivity index (χ1v) is 6.94. The van der Waals surface area contributed by atoms with Crippen LogP contribution in [0.15, 0.2) is 66.8 Å². The average molecular weight is 256 g/mol. The van der Waals surface area contributed by atoms with E-state index in [1.807, 2.05) is 25.1 Å². The van der Waals surface area contributed by atoms with Crippen LogP contribution in [0.3, 0.4) is 0 Å². The van der Waals surface area contributed by atoms with Crippen LogP contribution in [0.5, 0.6) is 0 Å².